The molecule has 29 heavy (non-hydrogen) atoms. The normalized spacial score (nSPS) is 21.8. The number of benzene rings is 1. The third kappa shape index (κ3) is 3.97. The Morgan fingerprint density at radius 3 is 2.69 bits per heavy atom. The number of hydrogen-bond donors (Lipinski definition) is 3. The largest absolute Gasteiger partial charge is 0.396 e. The quantitative estimate of drug-likeness (QED) is 0.533. The highest BCUT2D eigenvalue weighted by Crippen LogP contribution is 2.35. The highest BCUT2D eigenvalue weighted by molar-refractivity contribution is 5.78. The molecule has 7 nitrogen and oxygen atoms in total. The van der Waals surface area contributed by atoms with Gasteiger partial charge in [-0.25, -0.2) is 4.68 Å². The van der Waals surface area contributed by atoms with Crippen LogP contribution in [0.1, 0.15) is 50.6 Å². The van der Waals surface area contributed by atoms with E-state index in [4.69, 9.17) is 0 Å². The number of aryl methyl sites for hydroxylation is 1. The Hall–Kier alpha value is -2.51. The number of nitrogens with zero attached hydrogens (tertiary/aromatic N) is 3. The summed E-state index contributed by atoms with van der Waals surface area (Å²) in [5.74, 6) is 0.0379. The van der Waals surface area contributed by atoms with Gasteiger partial charge in [0.05, 0.1) is 23.4 Å². The molecule has 3 unspecified atom stereocenters. The van der Waals surface area contributed by atoms with Crippen molar-refractivity contribution in [2.75, 3.05) is 6.61 Å². The van der Waals surface area contributed by atoms with Crippen molar-refractivity contribution in [3.05, 3.63) is 46.2 Å². The molecule has 3 aromatic rings. The summed E-state index contributed by atoms with van der Waals surface area (Å²) in [7, 11) is 0. The summed E-state index contributed by atoms with van der Waals surface area (Å²) in [6, 6.07) is 9.86. The van der Waals surface area contributed by atoms with E-state index in [0.717, 1.165) is 12.0 Å². The Balaban J connectivity index is 1.65. The fraction of sp³-hybridized carbons (Fsp3) is 0.500. The van der Waals surface area contributed by atoms with Crippen LogP contribution in [-0.4, -0.2) is 42.9 Å². The van der Waals surface area contributed by atoms with Crippen molar-refractivity contribution in [2.24, 2.45) is 5.92 Å². The minimum absolute atomic E-state index is 0.0379. The van der Waals surface area contributed by atoms with Gasteiger partial charge in [-0.2, -0.15) is 0 Å². The van der Waals surface area contributed by atoms with E-state index in [-0.39, 0.29) is 29.6 Å². The Morgan fingerprint density at radius 2 is 2.00 bits per heavy atom. The molecule has 3 N–H and O–H groups in total. The van der Waals surface area contributed by atoms with Crippen molar-refractivity contribution < 1.29 is 10.2 Å². The van der Waals surface area contributed by atoms with Crippen LogP contribution in [0.5, 0.6) is 0 Å². The summed E-state index contributed by atoms with van der Waals surface area (Å²) in [4.78, 5) is 15.5. The van der Waals surface area contributed by atoms with Crippen LogP contribution in [0.2, 0.25) is 0 Å². The van der Waals surface area contributed by atoms with Crippen LogP contribution in [-0.2, 0) is 6.42 Å². The molecule has 1 saturated carbocycles. The number of pyridine rings is 1. The van der Waals surface area contributed by atoms with Crippen LogP contribution in [0, 0.1) is 5.92 Å². The number of aliphatic hydroxyl groups excluding tert-OH is 2. The second-order valence-corrected chi connectivity index (χ2v) is 8.09. The Morgan fingerprint density at radius 1 is 1.21 bits per heavy atom. The van der Waals surface area contributed by atoms with Crippen molar-refractivity contribution >= 4 is 11.0 Å². The third-order valence-corrected chi connectivity index (χ3v) is 5.97. The zero-order valence-corrected chi connectivity index (χ0v) is 16.7. The minimum Gasteiger partial charge on any atom is -0.396 e. The van der Waals surface area contributed by atoms with Crippen LogP contribution in [0.3, 0.4) is 0 Å². The Bertz CT molecular complexity index is 1020. The van der Waals surface area contributed by atoms with Crippen LogP contribution in [0.4, 0.5) is 0 Å². The Labute approximate surface area is 169 Å². The molecule has 0 bridgehead atoms. The zero-order chi connectivity index (χ0) is 20.4. The van der Waals surface area contributed by atoms with Crippen molar-refractivity contribution in [1.82, 2.24) is 20.0 Å². The molecular weight excluding hydrogens is 368 g/mol. The number of hydrogen-bond acceptors (Lipinski definition) is 5. The molecule has 4 rings (SSSR count). The maximum absolute atomic E-state index is 12.6. The topological polar surface area (TPSA) is 104 Å². The van der Waals surface area contributed by atoms with E-state index in [9.17, 15) is 15.0 Å². The molecular formula is C22H28N4O3. The maximum Gasteiger partial charge on any atom is 0.278 e. The molecule has 1 aliphatic carbocycles. The van der Waals surface area contributed by atoms with Crippen LogP contribution < -0.4 is 5.56 Å². The first kappa shape index (κ1) is 19.8. The first-order valence-corrected chi connectivity index (χ1v) is 10.5. The summed E-state index contributed by atoms with van der Waals surface area (Å²) in [6.07, 6.45) is 5.21. The summed E-state index contributed by atoms with van der Waals surface area (Å²) >= 11 is 0. The van der Waals surface area contributed by atoms with Gasteiger partial charge in [0.15, 0.2) is 5.52 Å². The number of rotatable bonds is 7. The molecule has 0 aliphatic heterocycles. The number of unbranched alkanes of at least 4 members (excludes halogenated alkanes) is 2. The van der Waals surface area contributed by atoms with Gasteiger partial charge in [-0.3, -0.25) is 4.79 Å². The number of aliphatic hydroxyl groups is 2. The predicted molar refractivity (Wildman–Crippen MR) is 112 cm³/mol. The van der Waals surface area contributed by atoms with Gasteiger partial charge >= 0.3 is 0 Å². The molecule has 1 aliphatic rings. The van der Waals surface area contributed by atoms with E-state index in [2.05, 4.69) is 34.4 Å². The monoisotopic (exact) mass is 396 g/mol. The summed E-state index contributed by atoms with van der Waals surface area (Å²) in [6.45, 7) is 2.24. The van der Waals surface area contributed by atoms with E-state index in [1.807, 2.05) is 18.2 Å². The smallest absolute Gasteiger partial charge is 0.278 e. The standard InChI is InChI=1S/C22H28N4O3/c1-2-3-4-5-14-6-8-16(9-7-14)17-12-19-21(22(29)23-17)24-25-26(19)18-10-15(13-27)11-20(18)28/h6-9,12,15,18,20,27-28H,2-5,10-11,13H2,1H3,(H,23,29). The van der Waals surface area contributed by atoms with Crippen LogP contribution in [0.15, 0.2) is 35.1 Å². The summed E-state index contributed by atoms with van der Waals surface area (Å²) in [5, 5.41) is 28.0. The van der Waals surface area contributed by atoms with E-state index >= 15 is 0 Å². The molecule has 0 amide bonds. The van der Waals surface area contributed by atoms with Gasteiger partial charge in [0.1, 0.15) is 0 Å². The number of aromatic nitrogens is 4. The molecule has 7 heteroatoms. The lowest BCUT2D eigenvalue weighted by Gasteiger charge is -2.15. The summed E-state index contributed by atoms with van der Waals surface area (Å²) < 4.78 is 1.65. The van der Waals surface area contributed by atoms with Crippen molar-refractivity contribution in [1.29, 1.82) is 0 Å². The molecule has 1 fully saturated rings. The highest BCUT2D eigenvalue weighted by Gasteiger charge is 2.35. The SMILES string of the molecule is CCCCCc1ccc(-c2cc3c(nnn3C3CC(CO)CC3O)c(=O)[nH]2)cc1. The van der Waals surface area contributed by atoms with Crippen molar-refractivity contribution in [3.8, 4) is 11.3 Å². The molecule has 2 heterocycles. The van der Waals surface area contributed by atoms with Gasteiger partial charge in [0.2, 0.25) is 0 Å². The van der Waals surface area contributed by atoms with Crippen LogP contribution in [0.25, 0.3) is 22.3 Å². The fourth-order valence-electron chi connectivity index (χ4n) is 4.29. The first-order valence-electron chi connectivity index (χ1n) is 10.5. The van der Waals surface area contributed by atoms with Crippen molar-refractivity contribution in [3.63, 3.8) is 0 Å². The highest BCUT2D eigenvalue weighted by atomic mass is 16.3. The zero-order valence-electron chi connectivity index (χ0n) is 16.7. The number of H-pyrrole nitrogens is 1. The molecule has 3 atom stereocenters. The van der Waals surface area contributed by atoms with Gasteiger partial charge in [0, 0.05) is 6.61 Å². The van der Waals surface area contributed by atoms with E-state index in [1.165, 1.54) is 24.8 Å². The number of aromatic amines is 1. The Kier molecular flexibility index (Phi) is 5.78. The van der Waals surface area contributed by atoms with Gasteiger partial charge in [0.25, 0.3) is 5.56 Å². The second-order valence-electron chi connectivity index (χ2n) is 8.09. The maximum atomic E-state index is 12.6. The third-order valence-electron chi connectivity index (χ3n) is 5.97. The lowest BCUT2D eigenvalue weighted by molar-refractivity contribution is 0.127. The summed E-state index contributed by atoms with van der Waals surface area (Å²) in [5.41, 5.74) is 3.51. The molecule has 0 saturated heterocycles. The second kappa shape index (κ2) is 8.47. The van der Waals surface area contributed by atoms with Gasteiger partial charge in [-0.05, 0) is 48.8 Å². The van der Waals surface area contributed by atoms with Crippen molar-refractivity contribution in [2.45, 2.75) is 57.6 Å². The average molecular weight is 396 g/mol. The first-order chi connectivity index (χ1) is 14.1. The van der Waals surface area contributed by atoms with Gasteiger partial charge in [-0.15, -0.1) is 5.10 Å². The van der Waals surface area contributed by atoms with E-state index < -0.39 is 6.10 Å². The lowest BCUT2D eigenvalue weighted by Crippen LogP contribution is -2.19. The van der Waals surface area contributed by atoms with E-state index in [0.29, 0.717) is 24.1 Å². The molecule has 154 valence electrons. The van der Waals surface area contributed by atoms with Gasteiger partial charge in [-0.1, -0.05) is 49.2 Å². The van der Waals surface area contributed by atoms with E-state index in [1.54, 1.807) is 4.68 Å². The fourth-order valence-corrected chi connectivity index (χ4v) is 4.29. The molecule has 0 radical (unpaired) electrons. The molecule has 0 spiro atoms. The number of fused-ring (bicyclic) bond motifs is 1. The van der Waals surface area contributed by atoms with Gasteiger partial charge < -0.3 is 15.2 Å². The minimum atomic E-state index is -0.609. The lowest BCUT2D eigenvalue weighted by atomic mass is 10.0. The molecule has 1 aromatic carbocycles. The predicted octanol–water partition coefficient (Wildman–Crippen LogP) is 2.82. The molecule has 2 aromatic heterocycles. The number of nitrogens with one attached hydrogen (secondary N) is 1. The van der Waals surface area contributed by atoms with Crippen LogP contribution >= 0.6 is 0 Å². The average Bonchev–Trinajstić information content (AvgIpc) is 3.32.